The van der Waals surface area contributed by atoms with E-state index in [1.165, 1.54) is 18.2 Å². The second-order valence-electron chi connectivity index (χ2n) is 5.42. The van der Waals surface area contributed by atoms with E-state index in [-0.39, 0.29) is 22.2 Å². The van der Waals surface area contributed by atoms with Crippen LogP contribution in [-0.4, -0.2) is 24.7 Å². The number of fused-ring (bicyclic) bond motifs is 1. The lowest BCUT2D eigenvalue weighted by molar-refractivity contribution is -0.317. The Labute approximate surface area is 157 Å². The summed E-state index contributed by atoms with van der Waals surface area (Å²) in [5, 5.41) is 4.15. The fourth-order valence-electron chi connectivity index (χ4n) is 2.37. The first-order valence-electron chi connectivity index (χ1n) is 7.79. The van der Waals surface area contributed by atoms with E-state index in [0.29, 0.717) is 12.4 Å². The average molecular weight is 403 g/mol. The number of hydrogen-bond acceptors (Lipinski definition) is 4. The number of anilines is 1. The molecule has 1 heterocycles. The van der Waals surface area contributed by atoms with E-state index in [2.05, 4.69) is 5.32 Å². The minimum absolute atomic E-state index is 0.158. The number of urea groups is 1. The average Bonchev–Trinajstić information content (AvgIpc) is 2.95. The largest absolute Gasteiger partial charge is 0.492 e. The summed E-state index contributed by atoms with van der Waals surface area (Å²) in [5.41, 5.74) is 0.188. The van der Waals surface area contributed by atoms with Crippen LogP contribution < -0.4 is 24.8 Å². The van der Waals surface area contributed by atoms with Gasteiger partial charge in [0.25, 0.3) is 0 Å². The van der Waals surface area contributed by atoms with Crippen LogP contribution in [0.3, 0.4) is 0 Å². The molecule has 0 fully saturated rings. The van der Waals surface area contributed by atoms with Gasteiger partial charge in [-0.2, -0.15) is 13.2 Å². The van der Waals surface area contributed by atoms with Crippen LogP contribution >= 0.6 is 11.6 Å². The van der Waals surface area contributed by atoms with Gasteiger partial charge in [0.1, 0.15) is 5.75 Å². The first-order chi connectivity index (χ1) is 12.7. The summed E-state index contributed by atoms with van der Waals surface area (Å²) in [5.74, 6) is -3.52. The lowest BCUT2D eigenvalue weighted by Gasteiger charge is -2.29. The number of ether oxygens (including phenoxy) is 3. The molecule has 3 rings (SSSR count). The van der Waals surface area contributed by atoms with Crippen molar-refractivity contribution in [3.8, 4) is 17.2 Å². The molecule has 10 heteroatoms. The normalized spacial score (nSPS) is 18.1. The third-order valence-corrected chi connectivity index (χ3v) is 3.73. The quantitative estimate of drug-likeness (QED) is 0.787. The maximum atomic E-state index is 13.6. The number of rotatable bonds is 4. The van der Waals surface area contributed by atoms with Crippen LogP contribution in [0.1, 0.15) is 6.92 Å². The van der Waals surface area contributed by atoms with E-state index in [1.54, 1.807) is 30.4 Å². The lowest BCUT2D eigenvalue weighted by Crippen LogP contribution is -2.65. The molecule has 144 valence electrons. The Kier molecular flexibility index (Phi) is 4.97. The van der Waals surface area contributed by atoms with E-state index in [0.717, 1.165) is 6.07 Å². The number of carbonyl (C=O) groups excluding carboxylic acids is 1. The number of para-hydroxylation sites is 2. The van der Waals surface area contributed by atoms with Crippen LogP contribution in [0.15, 0.2) is 42.5 Å². The van der Waals surface area contributed by atoms with E-state index in [9.17, 15) is 18.0 Å². The topological polar surface area (TPSA) is 68.8 Å². The molecule has 0 aromatic heterocycles. The zero-order valence-electron chi connectivity index (χ0n) is 13.9. The van der Waals surface area contributed by atoms with Crippen LogP contribution in [0, 0.1) is 0 Å². The molecule has 0 spiro atoms. The standard InChI is InChI=1S/C17H14ClF3N2O4/c1-2-25-12-6-4-3-5-11(12)22-15(24)23-17(16(19,20)21)26-13-8-7-10(18)9-14(13)27-17/h3-9H,2H2,1H3,(H2,22,23,24)/t17-/m1/s1. The predicted octanol–water partition coefficient (Wildman–Crippen LogP) is 4.55. The third-order valence-electron chi connectivity index (χ3n) is 3.50. The molecule has 0 radical (unpaired) electrons. The summed E-state index contributed by atoms with van der Waals surface area (Å²) in [6, 6.07) is 8.83. The SMILES string of the molecule is CCOc1ccccc1NC(=O)N[C@]1(C(F)(F)F)Oc2ccc(Cl)cc2O1. The van der Waals surface area contributed by atoms with E-state index >= 15 is 0 Å². The molecule has 1 aliphatic rings. The van der Waals surface area contributed by atoms with Crippen molar-refractivity contribution in [1.29, 1.82) is 0 Å². The molecule has 0 unspecified atom stereocenters. The molecule has 2 aromatic rings. The van der Waals surface area contributed by atoms with Crippen LogP contribution in [0.2, 0.25) is 5.02 Å². The van der Waals surface area contributed by atoms with Gasteiger partial charge in [0.15, 0.2) is 11.5 Å². The molecule has 0 saturated heterocycles. The summed E-state index contributed by atoms with van der Waals surface area (Å²) in [4.78, 5) is 12.2. The van der Waals surface area contributed by atoms with Gasteiger partial charge in [0.2, 0.25) is 0 Å². The number of amides is 2. The van der Waals surface area contributed by atoms with Gasteiger partial charge < -0.3 is 19.5 Å². The van der Waals surface area contributed by atoms with Gasteiger partial charge >= 0.3 is 18.1 Å². The molecule has 0 aliphatic carbocycles. The van der Waals surface area contributed by atoms with Crippen molar-refractivity contribution in [2.24, 2.45) is 0 Å². The Hall–Kier alpha value is -2.81. The summed E-state index contributed by atoms with van der Waals surface area (Å²) in [7, 11) is 0. The zero-order valence-corrected chi connectivity index (χ0v) is 14.6. The smallest absolute Gasteiger partial charge is 0.492 e. The third kappa shape index (κ3) is 3.82. The molecular weight excluding hydrogens is 389 g/mol. The Morgan fingerprint density at radius 1 is 1.19 bits per heavy atom. The van der Waals surface area contributed by atoms with E-state index in [1.807, 2.05) is 0 Å². The Morgan fingerprint density at radius 3 is 2.59 bits per heavy atom. The molecule has 2 amide bonds. The van der Waals surface area contributed by atoms with Gasteiger partial charge in [-0.05, 0) is 31.2 Å². The lowest BCUT2D eigenvalue weighted by atomic mass is 10.3. The molecule has 2 N–H and O–H groups in total. The van der Waals surface area contributed by atoms with Crippen molar-refractivity contribution < 1.29 is 32.2 Å². The van der Waals surface area contributed by atoms with Gasteiger partial charge in [0, 0.05) is 11.1 Å². The Morgan fingerprint density at radius 2 is 1.89 bits per heavy atom. The zero-order chi connectivity index (χ0) is 19.7. The summed E-state index contributed by atoms with van der Waals surface area (Å²) in [6.45, 7) is 2.05. The second-order valence-corrected chi connectivity index (χ2v) is 5.85. The summed E-state index contributed by atoms with van der Waals surface area (Å²) < 4.78 is 56.0. The molecular formula is C17H14ClF3N2O4. The fourth-order valence-corrected chi connectivity index (χ4v) is 2.53. The van der Waals surface area contributed by atoms with Crippen LogP contribution in [-0.2, 0) is 0 Å². The number of hydrogen-bond donors (Lipinski definition) is 2. The van der Waals surface area contributed by atoms with Gasteiger partial charge in [-0.15, -0.1) is 0 Å². The minimum Gasteiger partial charge on any atom is -0.492 e. The highest BCUT2D eigenvalue weighted by atomic mass is 35.5. The van der Waals surface area contributed by atoms with Crippen LogP contribution in [0.25, 0.3) is 0 Å². The molecule has 1 aliphatic heterocycles. The van der Waals surface area contributed by atoms with Crippen molar-refractivity contribution >= 4 is 23.3 Å². The number of carbonyl (C=O) groups is 1. The first kappa shape index (κ1) is 19.0. The molecule has 0 bridgehead atoms. The number of benzene rings is 2. The minimum atomic E-state index is -5.07. The van der Waals surface area contributed by atoms with Gasteiger partial charge in [-0.1, -0.05) is 23.7 Å². The maximum absolute atomic E-state index is 13.6. The molecule has 0 saturated carbocycles. The summed E-state index contributed by atoms with van der Waals surface area (Å²) in [6.07, 6.45) is -5.07. The van der Waals surface area contributed by atoms with Gasteiger partial charge in [-0.25, -0.2) is 4.79 Å². The number of alkyl halides is 3. The Balaban J connectivity index is 1.82. The van der Waals surface area contributed by atoms with Crippen LogP contribution in [0.4, 0.5) is 23.7 Å². The van der Waals surface area contributed by atoms with Crippen molar-refractivity contribution in [1.82, 2.24) is 5.32 Å². The second kappa shape index (κ2) is 7.07. The highest BCUT2D eigenvalue weighted by Crippen LogP contribution is 2.46. The van der Waals surface area contributed by atoms with E-state index in [4.69, 9.17) is 25.8 Å². The fraction of sp³-hybridized carbons (Fsp3) is 0.235. The maximum Gasteiger partial charge on any atom is 0.492 e. The van der Waals surface area contributed by atoms with Crippen molar-refractivity contribution in [2.45, 2.75) is 19.0 Å². The van der Waals surface area contributed by atoms with E-state index < -0.39 is 18.1 Å². The predicted molar refractivity (Wildman–Crippen MR) is 91.3 cm³/mol. The summed E-state index contributed by atoms with van der Waals surface area (Å²) >= 11 is 5.76. The van der Waals surface area contributed by atoms with Crippen LogP contribution in [0.5, 0.6) is 17.2 Å². The monoisotopic (exact) mass is 402 g/mol. The number of nitrogens with one attached hydrogen (secondary N) is 2. The van der Waals surface area contributed by atoms with Gasteiger partial charge in [-0.3, -0.25) is 5.32 Å². The highest BCUT2D eigenvalue weighted by molar-refractivity contribution is 6.30. The van der Waals surface area contributed by atoms with Crippen molar-refractivity contribution in [3.05, 3.63) is 47.5 Å². The molecule has 1 atom stereocenters. The van der Waals surface area contributed by atoms with Gasteiger partial charge in [0.05, 0.1) is 12.3 Å². The number of halogens is 4. The van der Waals surface area contributed by atoms with Crippen molar-refractivity contribution in [3.63, 3.8) is 0 Å². The first-order valence-corrected chi connectivity index (χ1v) is 8.17. The Bertz CT molecular complexity index is 862. The molecule has 6 nitrogen and oxygen atoms in total. The highest BCUT2D eigenvalue weighted by Gasteiger charge is 2.65. The van der Waals surface area contributed by atoms with Crippen molar-refractivity contribution in [2.75, 3.05) is 11.9 Å². The molecule has 2 aromatic carbocycles. The molecule has 27 heavy (non-hydrogen) atoms.